The van der Waals surface area contributed by atoms with Gasteiger partial charge in [-0.05, 0) is 43.2 Å². The van der Waals surface area contributed by atoms with Crippen molar-refractivity contribution >= 4 is 39.1 Å². The van der Waals surface area contributed by atoms with Crippen LogP contribution in [0.1, 0.15) is 29.6 Å². The summed E-state index contributed by atoms with van der Waals surface area (Å²) in [6, 6.07) is 11.9. The summed E-state index contributed by atoms with van der Waals surface area (Å²) >= 11 is 5.98. The Hall–Kier alpha value is -2.58. The number of nitrogens with one attached hydrogen (secondary N) is 3. The summed E-state index contributed by atoms with van der Waals surface area (Å²) in [6.45, 7) is 0. The number of anilines is 1. The third-order valence-electron chi connectivity index (χ3n) is 4.30. The van der Waals surface area contributed by atoms with Gasteiger partial charge in [0.25, 0.3) is 15.9 Å². The highest BCUT2D eigenvalue weighted by molar-refractivity contribution is 7.92. The van der Waals surface area contributed by atoms with Gasteiger partial charge in [0.2, 0.25) is 5.91 Å². The maximum Gasteiger partial charge on any atom is 0.269 e. The molecule has 2 amide bonds. The van der Waals surface area contributed by atoms with Gasteiger partial charge in [0.15, 0.2) is 0 Å². The predicted molar refractivity (Wildman–Crippen MR) is 102 cm³/mol. The van der Waals surface area contributed by atoms with Gasteiger partial charge in [-0.15, -0.1) is 0 Å². The van der Waals surface area contributed by atoms with Gasteiger partial charge in [0.1, 0.15) is 0 Å². The Morgan fingerprint density at radius 2 is 1.74 bits per heavy atom. The number of sulfonamides is 1. The average Bonchev–Trinajstić information content (AvgIpc) is 2.60. The van der Waals surface area contributed by atoms with Crippen molar-refractivity contribution in [2.75, 3.05) is 4.72 Å². The maximum atomic E-state index is 12.6. The molecule has 9 heteroatoms. The van der Waals surface area contributed by atoms with Crippen LogP contribution in [0.2, 0.25) is 5.02 Å². The molecule has 0 atom stereocenters. The Kier molecular flexibility index (Phi) is 5.67. The van der Waals surface area contributed by atoms with E-state index in [1.807, 2.05) is 0 Å². The first kappa shape index (κ1) is 19.2. The van der Waals surface area contributed by atoms with E-state index in [-0.39, 0.29) is 33.0 Å². The highest BCUT2D eigenvalue weighted by atomic mass is 35.5. The van der Waals surface area contributed by atoms with Crippen LogP contribution in [0.15, 0.2) is 53.4 Å². The molecular weight excluding hydrogens is 390 g/mol. The lowest BCUT2D eigenvalue weighted by Gasteiger charge is -2.24. The van der Waals surface area contributed by atoms with Crippen LogP contribution < -0.4 is 15.6 Å². The number of halogens is 1. The van der Waals surface area contributed by atoms with Crippen LogP contribution in [0.4, 0.5) is 5.69 Å². The van der Waals surface area contributed by atoms with Gasteiger partial charge in [0, 0.05) is 11.5 Å². The van der Waals surface area contributed by atoms with Crippen molar-refractivity contribution in [1.82, 2.24) is 10.9 Å². The Balaban J connectivity index is 1.71. The lowest BCUT2D eigenvalue weighted by atomic mass is 9.85. The van der Waals surface area contributed by atoms with Gasteiger partial charge >= 0.3 is 0 Å². The second-order valence-electron chi connectivity index (χ2n) is 6.18. The fourth-order valence-electron chi connectivity index (χ4n) is 2.52. The molecule has 2 aromatic rings. The van der Waals surface area contributed by atoms with E-state index in [1.54, 1.807) is 18.2 Å². The van der Waals surface area contributed by atoms with Crippen molar-refractivity contribution in [1.29, 1.82) is 0 Å². The molecule has 0 spiro atoms. The Bertz CT molecular complexity index is 974. The molecule has 3 N–H and O–H groups in total. The highest BCUT2D eigenvalue weighted by Crippen LogP contribution is 2.26. The number of carbonyl (C=O) groups excluding carboxylic acids is 2. The summed E-state index contributed by atoms with van der Waals surface area (Å²) in [6.07, 6.45) is 2.62. The molecule has 3 rings (SSSR count). The second-order valence-corrected chi connectivity index (χ2v) is 8.27. The van der Waals surface area contributed by atoms with Crippen molar-refractivity contribution in [2.45, 2.75) is 24.2 Å². The monoisotopic (exact) mass is 407 g/mol. The third-order valence-corrected chi connectivity index (χ3v) is 5.99. The zero-order valence-electron chi connectivity index (χ0n) is 14.2. The highest BCUT2D eigenvalue weighted by Gasteiger charge is 2.25. The lowest BCUT2D eigenvalue weighted by molar-refractivity contribution is -0.128. The van der Waals surface area contributed by atoms with Crippen molar-refractivity contribution < 1.29 is 18.0 Å². The van der Waals surface area contributed by atoms with Crippen LogP contribution in [0.25, 0.3) is 0 Å². The first-order valence-electron chi connectivity index (χ1n) is 8.34. The SMILES string of the molecule is O=C(NNC(=O)C1CCC1)c1cccc(S(=O)(=O)Nc2ccccc2Cl)c1. The summed E-state index contributed by atoms with van der Waals surface area (Å²) in [5.41, 5.74) is 5.02. The predicted octanol–water partition coefficient (Wildman–Crippen LogP) is 2.70. The molecule has 2 aromatic carbocycles. The molecule has 0 heterocycles. The maximum absolute atomic E-state index is 12.6. The number of amides is 2. The van der Waals surface area contributed by atoms with Crippen molar-refractivity contribution in [3.8, 4) is 0 Å². The normalized spacial score (nSPS) is 14.1. The zero-order valence-corrected chi connectivity index (χ0v) is 15.8. The summed E-state index contributed by atoms with van der Waals surface area (Å²) in [4.78, 5) is 23.9. The molecule has 1 saturated carbocycles. The number of carbonyl (C=O) groups is 2. The Morgan fingerprint density at radius 1 is 1.00 bits per heavy atom. The zero-order chi connectivity index (χ0) is 19.4. The molecule has 27 heavy (non-hydrogen) atoms. The molecule has 0 radical (unpaired) electrons. The number of benzene rings is 2. The first-order chi connectivity index (χ1) is 12.9. The molecule has 0 aromatic heterocycles. The molecule has 142 valence electrons. The summed E-state index contributed by atoms with van der Waals surface area (Å²) in [7, 11) is -3.93. The molecule has 0 aliphatic heterocycles. The minimum absolute atomic E-state index is 0.0724. The van der Waals surface area contributed by atoms with Crippen LogP contribution in [-0.4, -0.2) is 20.2 Å². The number of para-hydroxylation sites is 1. The molecule has 0 bridgehead atoms. The Morgan fingerprint density at radius 3 is 2.41 bits per heavy atom. The quantitative estimate of drug-likeness (QED) is 0.663. The minimum Gasteiger partial charge on any atom is -0.278 e. The van der Waals surface area contributed by atoms with E-state index in [1.165, 1.54) is 30.3 Å². The van der Waals surface area contributed by atoms with Crippen LogP contribution in [0.3, 0.4) is 0 Å². The van der Waals surface area contributed by atoms with Gasteiger partial charge in [0.05, 0.1) is 15.6 Å². The van der Waals surface area contributed by atoms with E-state index < -0.39 is 15.9 Å². The van der Waals surface area contributed by atoms with Gasteiger partial charge in [-0.25, -0.2) is 8.42 Å². The van der Waals surface area contributed by atoms with Crippen molar-refractivity contribution in [2.24, 2.45) is 5.92 Å². The van der Waals surface area contributed by atoms with Gasteiger partial charge < -0.3 is 0 Å². The smallest absolute Gasteiger partial charge is 0.269 e. The van der Waals surface area contributed by atoms with Crippen LogP contribution in [-0.2, 0) is 14.8 Å². The molecular formula is C18H18ClN3O4S. The topological polar surface area (TPSA) is 104 Å². The van der Waals surface area contributed by atoms with Crippen molar-refractivity contribution in [3.63, 3.8) is 0 Å². The van der Waals surface area contributed by atoms with E-state index in [2.05, 4.69) is 15.6 Å². The van der Waals surface area contributed by atoms with Crippen LogP contribution in [0.5, 0.6) is 0 Å². The number of hydrogen-bond donors (Lipinski definition) is 3. The molecule has 1 aliphatic rings. The fourth-order valence-corrected chi connectivity index (χ4v) is 3.88. The summed E-state index contributed by atoms with van der Waals surface area (Å²) < 4.78 is 27.5. The van der Waals surface area contributed by atoms with E-state index >= 15 is 0 Å². The van der Waals surface area contributed by atoms with Crippen molar-refractivity contribution in [3.05, 3.63) is 59.1 Å². The number of hydrogen-bond acceptors (Lipinski definition) is 4. The van der Waals surface area contributed by atoms with E-state index in [9.17, 15) is 18.0 Å². The van der Waals surface area contributed by atoms with Gasteiger partial charge in [-0.2, -0.15) is 0 Å². The molecule has 0 saturated heterocycles. The van der Waals surface area contributed by atoms with Gasteiger partial charge in [-0.3, -0.25) is 25.2 Å². The number of hydrazine groups is 1. The summed E-state index contributed by atoms with van der Waals surface area (Å²) in [5.74, 6) is -0.909. The minimum atomic E-state index is -3.93. The third kappa shape index (κ3) is 4.58. The Labute approximate surface area is 162 Å². The standard InChI is InChI=1S/C18H18ClN3O4S/c19-15-9-1-2-10-16(15)22-27(25,26)14-8-4-7-13(11-14)18(24)21-20-17(23)12-5-3-6-12/h1-2,4,7-12,22H,3,5-6H2,(H,20,23)(H,21,24). The first-order valence-corrected chi connectivity index (χ1v) is 10.2. The fraction of sp³-hybridized carbons (Fsp3) is 0.222. The molecule has 1 fully saturated rings. The van der Waals surface area contributed by atoms with Crippen LogP contribution >= 0.6 is 11.6 Å². The van der Waals surface area contributed by atoms with E-state index in [4.69, 9.17) is 11.6 Å². The van der Waals surface area contributed by atoms with E-state index in [0.29, 0.717) is 0 Å². The molecule has 0 unspecified atom stereocenters. The lowest BCUT2D eigenvalue weighted by Crippen LogP contribution is -2.46. The second kappa shape index (κ2) is 7.98. The molecule has 1 aliphatic carbocycles. The largest absolute Gasteiger partial charge is 0.278 e. The summed E-state index contributed by atoms with van der Waals surface area (Å²) in [5, 5.41) is 0.258. The van der Waals surface area contributed by atoms with Gasteiger partial charge in [-0.1, -0.05) is 36.2 Å². The number of rotatable bonds is 5. The average molecular weight is 408 g/mol. The molecule has 7 nitrogen and oxygen atoms in total. The van der Waals surface area contributed by atoms with E-state index in [0.717, 1.165) is 19.3 Å². The van der Waals surface area contributed by atoms with Crippen LogP contribution in [0, 0.1) is 5.92 Å².